The predicted octanol–water partition coefficient (Wildman–Crippen LogP) is 1.89. The van der Waals surface area contributed by atoms with Crippen LogP contribution in [-0.4, -0.2) is 68.0 Å². The van der Waals surface area contributed by atoms with Gasteiger partial charge < -0.3 is 19.4 Å². The number of hydrogen-bond donors (Lipinski definition) is 1. The summed E-state index contributed by atoms with van der Waals surface area (Å²) in [5.41, 5.74) is 1.20. The van der Waals surface area contributed by atoms with Crippen LogP contribution in [0, 0.1) is 5.41 Å². The third kappa shape index (κ3) is 4.51. The molecule has 1 amide bonds. The van der Waals surface area contributed by atoms with Gasteiger partial charge in [0, 0.05) is 56.5 Å². The Morgan fingerprint density at radius 1 is 1.04 bits per heavy atom. The van der Waals surface area contributed by atoms with Gasteiger partial charge in [-0.2, -0.15) is 0 Å². The van der Waals surface area contributed by atoms with E-state index in [0.717, 1.165) is 64.4 Å². The second-order valence-electron chi connectivity index (χ2n) is 7.78. The van der Waals surface area contributed by atoms with Crippen molar-refractivity contribution in [3.63, 3.8) is 0 Å². The van der Waals surface area contributed by atoms with E-state index in [9.17, 15) is 4.79 Å². The number of nitrogens with one attached hydrogen (secondary N) is 1. The molecule has 4 rings (SSSR count). The Hall–Kier alpha value is -1.89. The van der Waals surface area contributed by atoms with Crippen molar-refractivity contribution in [3.8, 4) is 0 Å². The summed E-state index contributed by atoms with van der Waals surface area (Å²) in [5, 5.41) is 4.38. The first kappa shape index (κ1) is 18.5. The van der Waals surface area contributed by atoms with Gasteiger partial charge in [-0.1, -0.05) is 18.2 Å². The number of hydrogen-bond acceptors (Lipinski definition) is 4. The minimum atomic E-state index is 0.0733. The fourth-order valence-electron chi connectivity index (χ4n) is 4.20. The lowest BCUT2D eigenvalue weighted by atomic mass is 9.79. The summed E-state index contributed by atoms with van der Waals surface area (Å²) in [5.74, 6) is 0.0733. The second-order valence-corrected chi connectivity index (χ2v) is 7.78. The molecule has 2 aliphatic rings. The van der Waals surface area contributed by atoms with Crippen molar-refractivity contribution in [1.82, 2.24) is 14.8 Å². The molecule has 0 bridgehead atoms. The molecule has 3 heterocycles. The Bertz CT molecular complexity index is 761. The van der Waals surface area contributed by atoms with Gasteiger partial charge in [0.05, 0.1) is 13.2 Å². The van der Waals surface area contributed by atoms with Crippen molar-refractivity contribution < 1.29 is 14.3 Å². The summed E-state index contributed by atoms with van der Waals surface area (Å²) in [7, 11) is 0. The highest BCUT2D eigenvalue weighted by Gasteiger charge is 2.35. The van der Waals surface area contributed by atoms with E-state index in [1.54, 1.807) is 0 Å². The number of fused-ring (bicyclic) bond motifs is 1. The Morgan fingerprint density at radius 3 is 2.59 bits per heavy atom. The number of carbonyl (C=O) groups excluding carboxylic acids is 1. The van der Waals surface area contributed by atoms with Crippen molar-refractivity contribution >= 4 is 16.8 Å². The minimum absolute atomic E-state index is 0.0733. The van der Waals surface area contributed by atoms with Gasteiger partial charge in [-0.25, -0.2) is 0 Å². The van der Waals surface area contributed by atoms with Crippen molar-refractivity contribution in [2.75, 3.05) is 52.6 Å². The van der Waals surface area contributed by atoms with E-state index in [1.165, 1.54) is 5.39 Å². The van der Waals surface area contributed by atoms with E-state index in [-0.39, 0.29) is 11.3 Å². The number of morpholine rings is 1. The molecule has 27 heavy (non-hydrogen) atoms. The smallest absolute Gasteiger partial charge is 0.239 e. The summed E-state index contributed by atoms with van der Waals surface area (Å²) in [6.07, 6.45) is 3.98. The molecule has 2 saturated heterocycles. The maximum Gasteiger partial charge on any atom is 0.239 e. The van der Waals surface area contributed by atoms with Gasteiger partial charge in [-0.15, -0.1) is 0 Å². The van der Waals surface area contributed by atoms with E-state index < -0.39 is 0 Å². The van der Waals surface area contributed by atoms with E-state index in [4.69, 9.17) is 9.47 Å². The zero-order valence-electron chi connectivity index (χ0n) is 15.9. The van der Waals surface area contributed by atoms with Crippen LogP contribution in [-0.2, 0) is 20.8 Å². The maximum absolute atomic E-state index is 12.6. The van der Waals surface area contributed by atoms with Crippen molar-refractivity contribution in [1.29, 1.82) is 0 Å². The van der Waals surface area contributed by atoms with E-state index in [0.29, 0.717) is 13.1 Å². The van der Waals surface area contributed by atoms with Gasteiger partial charge in [-0.05, 0) is 30.4 Å². The lowest BCUT2D eigenvalue weighted by Crippen LogP contribution is -2.51. The lowest BCUT2D eigenvalue weighted by molar-refractivity contribution is -0.122. The molecule has 0 radical (unpaired) electrons. The lowest BCUT2D eigenvalue weighted by Gasteiger charge is -2.42. The highest BCUT2D eigenvalue weighted by atomic mass is 16.5. The molecule has 0 atom stereocenters. The van der Waals surface area contributed by atoms with Crippen LogP contribution in [0.4, 0.5) is 0 Å². The summed E-state index contributed by atoms with van der Waals surface area (Å²) >= 11 is 0. The van der Waals surface area contributed by atoms with Crippen LogP contribution in [0.25, 0.3) is 10.9 Å². The Balaban J connectivity index is 1.37. The van der Waals surface area contributed by atoms with Gasteiger partial charge in [0.25, 0.3) is 0 Å². The number of aromatic nitrogens is 1. The number of amides is 1. The Kier molecular flexibility index (Phi) is 5.76. The molecule has 2 fully saturated rings. The molecule has 1 aromatic carbocycles. The molecule has 0 spiro atoms. The predicted molar refractivity (Wildman–Crippen MR) is 105 cm³/mol. The summed E-state index contributed by atoms with van der Waals surface area (Å²) in [4.78, 5) is 15.1. The number of nitrogens with zero attached hydrogens (tertiary/aromatic N) is 2. The first-order valence-corrected chi connectivity index (χ1v) is 9.93. The van der Waals surface area contributed by atoms with Gasteiger partial charge in [0.2, 0.25) is 5.91 Å². The van der Waals surface area contributed by atoms with Gasteiger partial charge in [0.15, 0.2) is 0 Å². The first-order chi connectivity index (χ1) is 13.2. The topological polar surface area (TPSA) is 55.7 Å². The molecule has 1 aromatic heterocycles. The standard InChI is InChI=1S/C21H29N3O3/c25-20(15-24-8-5-18-3-1-2-4-19(18)24)22-16-21(6-11-26-12-7-21)17-23-9-13-27-14-10-23/h1-5,8H,6-7,9-17H2,(H,22,25). The highest BCUT2D eigenvalue weighted by Crippen LogP contribution is 2.31. The molecule has 146 valence electrons. The highest BCUT2D eigenvalue weighted by molar-refractivity contribution is 5.83. The normalized spacial score (nSPS) is 20.6. The van der Waals surface area contributed by atoms with Crippen LogP contribution in [0.2, 0.25) is 0 Å². The molecule has 2 aliphatic heterocycles. The van der Waals surface area contributed by atoms with Gasteiger partial charge in [0.1, 0.15) is 6.54 Å². The van der Waals surface area contributed by atoms with E-state index >= 15 is 0 Å². The molecular weight excluding hydrogens is 342 g/mol. The van der Waals surface area contributed by atoms with E-state index in [1.807, 2.05) is 22.9 Å². The minimum Gasteiger partial charge on any atom is -0.381 e. The second kappa shape index (κ2) is 8.42. The van der Waals surface area contributed by atoms with Gasteiger partial charge >= 0.3 is 0 Å². The third-order valence-corrected chi connectivity index (χ3v) is 5.87. The molecule has 0 unspecified atom stereocenters. The van der Waals surface area contributed by atoms with Crippen molar-refractivity contribution in [3.05, 3.63) is 36.5 Å². The number of rotatable bonds is 6. The molecule has 1 N–H and O–H groups in total. The molecule has 0 aliphatic carbocycles. The largest absolute Gasteiger partial charge is 0.381 e. The van der Waals surface area contributed by atoms with Crippen LogP contribution in [0.1, 0.15) is 12.8 Å². The average molecular weight is 371 g/mol. The maximum atomic E-state index is 12.6. The average Bonchev–Trinajstić information content (AvgIpc) is 3.11. The number of benzene rings is 1. The molecule has 6 nitrogen and oxygen atoms in total. The van der Waals surface area contributed by atoms with Crippen molar-refractivity contribution in [2.24, 2.45) is 5.41 Å². The van der Waals surface area contributed by atoms with Crippen LogP contribution in [0.3, 0.4) is 0 Å². The molecular formula is C21H29N3O3. The van der Waals surface area contributed by atoms with Crippen LogP contribution in [0.15, 0.2) is 36.5 Å². The molecule has 2 aromatic rings. The van der Waals surface area contributed by atoms with Crippen LogP contribution < -0.4 is 5.32 Å². The Labute approximate surface area is 160 Å². The summed E-state index contributed by atoms with van der Waals surface area (Å²) in [6.45, 7) is 7.21. The Morgan fingerprint density at radius 2 is 1.78 bits per heavy atom. The number of carbonyl (C=O) groups is 1. The quantitative estimate of drug-likeness (QED) is 0.843. The fraction of sp³-hybridized carbons (Fsp3) is 0.571. The van der Waals surface area contributed by atoms with Crippen LogP contribution in [0.5, 0.6) is 0 Å². The number of para-hydroxylation sites is 1. The molecule has 6 heteroatoms. The van der Waals surface area contributed by atoms with Crippen molar-refractivity contribution in [2.45, 2.75) is 19.4 Å². The van der Waals surface area contributed by atoms with Gasteiger partial charge in [-0.3, -0.25) is 9.69 Å². The monoisotopic (exact) mass is 371 g/mol. The van der Waals surface area contributed by atoms with Crippen LogP contribution >= 0.6 is 0 Å². The zero-order valence-corrected chi connectivity index (χ0v) is 15.9. The first-order valence-electron chi connectivity index (χ1n) is 9.93. The number of ether oxygens (including phenoxy) is 2. The fourth-order valence-corrected chi connectivity index (χ4v) is 4.20. The zero-order chi connectivity index (χ0) is 18.5. The summed E-state index contributed by atoms with van der Waals surface area (Å²) in [6, 6.07) is 10.2. The molecule has 0 saturated carbocycles. The summed E-state index contributed by atoms with van der Waals surface area (Å²) < 4.78 is 13.1. The SMILES string of the molecule is O=C(Cn1ccc2ccccc21)NCC1(CN2CCOCC2)CCOCC1. The van der Waals surface area contributed by atoms with E-state index in [2.05, 4.69) is 28.4 Å². The third-order valence-electron chi connectivity index (χ3n) is 5.87.